The molecule has 9 nitrogen and oxygen atoms in total. The summed E-state index contributed by atoms with van der Waals surface area (Å²) in [6, 6.07) is 9.68. The van der Waals surface area contributed by atoms with E-state index < -0.39 is 24.0 Å². The topological polar surface area (TPSA) is 119 Å². The number of aromatic nitrogens is 2. The molecule has 2 amide bonds. The van der Waals surface area contributed by atoms with Crippen LogP contribution in [-0.2, 0) is 22.7 Å². The van der Waals surface area contributed by atoms with Gasteiger partial charge in [0.1, 0.15) is 17.0 Å². The number of amides is 2. The van der Waals surface area contributed by atoms with Gasteiger partial charge in [-0.2, -0.15) is 0 Å². The highest BCUT2D eigenvalue weighted by atomic mass is 32.1. The minimum Gasteiger partial charge on any atom is -0.380 e. The number of hydrogen-bond donors (Lipinski definition) is 3. The summed E-state index contributed by atoms with van der Waals surface area (Å²) in [4.78, 5) is 38.5. The first kappa shape index (κ1) is 22.7. The Kier molecular flexibility index (Phi) is 6.44. The van der Waals surface area contributed by atoms with Crippen molar-refractivity contribution in [2.75, 3.05) is 24.5 Å². The smallest absolute Gasteiger partial charge is 0.255 e. The summed E-state index contributed by atoms with van der Waals surface area (Å²) in [5, 5.41) is 26.4. The van der Waals surface area contributed by atoms with Crippen LogP contribution in [0, 0.1) is 5.92 Å². The van der Waals surface area contributed by atoms with Crippen LogP contribution in [0.4, 0.5) is 5.82 Å². The van der Waals surface area contributed by atoms with Gasteiger partial charge in [0.2, 0.25) is 0 Å². The molecular formula is C24H27N5O4S. The van der Waals surface area contributed by atoms with Gasteiger partial charge in [0.25, 0.3) is 11.8 Å². The molecule has 0 radical (unpaired) electrons. The minimum atomic E-state index is -1.80. The molecule has 178 valence electrons. The van der Waals surface area contributed by atoms with Crippen LogP contribution in [0.25, 0.3) is 10.2 Å². The first-order valence-corrected chi connectivity index (χ1v) is 12.3. The lowest BCUT2D eigenvalue weighted by Crippen LogP contribution is -2.50. The van der Waals surface area contributed by atoms with Gasteiger partial charge in [0.15, 0.2) is 12.2 Å². The molecule has 34 heavy (non-hydrogen) atoms. The second-order valence-electron chi connectivity index (χ2n) is 8.86. The Balaban J connectivity index is 1.09. The molecule has 1 fully saturated rings. The number of piperidine rings is 1. The van der Waals surface area contributed by atoms with Crippen molar-refractivity contribution in [1.29, 1.82) is 0 Å². The number of hydrogen-bond acceptors (Lipinski definition) is 8. The largest absolute Gasteiger partial charge is 0.380 e. The average molecular weight is 482 g/mol. The fourth-order valence-electron chi connectivity index (χ4n) is 4.68. The molecule has 2 aliphatic heterocycles. The lowest BCUT2D eigenvalue weighted by Gasteiger charge is -2.33. The summed E-state index contributed by atoms with van der Waals surface area (Å²) < 4.78 is 0. The van der Waals surface area contributed by atoms with E-state index in [0.29, 0.717) is 19.6 Å². The number of carbonyl (C=O) groups is 2. The van der Waals surface area contributed by atoms with Gasteiger partial charge in [-0.15, -0.1) is 11.3 Å². The van der Waals surface area contributed by atoms with E-state index in [4.69, 9.17) is 0 Å². The Morgan fingerprint density at radius 1 is 1.06 bits per heavy atom. The molecule has 4 heterocycles. The Morgan fingerprint density at radius 3 is 2.47 bits per heavy atom. The van der Waals surface area contributed by atoms with Crippen LogP contribution < -0.4 is 10.2 Å². The van der Waals surface area contributed by atoms with Crippen molar-refractivity contribution in [2.45, 2.75) is 38.1 Å². The van der Waals surface area contributed by atoms with E-state index in [9.17, 15) is 19.8 Å². The maximum Gasteiger partial charge on any atom is 0.255 e. The lowest BCUT2D eigenvalue weighted by molar-refractivity contribution is -0.153. The van der Waals surface area contributed by atoms with Gasteiger partial charge in [-0.25, -0.2) is 9.97 Å². The number of aliphatic hydroxyl groups is 2. The summed E-state index contributed by atoms with van der Waals surface area (Å²) in [7, 11) is 0. The molecule has 2 atom stereocenters. The number of aliphatic hydroxyl groups excluding tert-OH is 2. The third kappa shape index (κ3) is 4.48. The Hall–Kier alpha value is -3.08. The molecule has 0 aliphatic carbocycles. The van der Waals surface area contributed by atoms with Crippen LogP contribution in [0.1, 0.15) is 24.0 Å². The molecule has 1 aromatic carbocycles. The van der Waals surface area contributed by atoms with Crippen LogP contribution >= 0.6 is 11.3 Å². The van der Waals surface area contributed by atoms with Gasteiger partial charge in [-0.3, -0.25) is 9.59 Å². The number of nitrogens with one attached hydrogen (secondary N) is 1. The fourth-order valence-corrected chi connectivity index (χ4v) is 5.41. The third-order valence-corrected chi connectivity index (χ3v) is 7.51. The SMILES string of the molecule is O=C(NCC1CCN(c2ncnc3sccc23)CC1)[C@H](O)[C@@H](O)C(=O)N1Cc2ccccc2C1. The third-order valence-electron chi connectivity index (χ3n) is 6.69. The maximum absolute atomic E-state index is 12.6. The molecule has 0 unspecified atom stereocenters. The summed E-state index contributed by atoms with van der Waals surface area (Å²) in [6.45, 7) is 2.73. The number of thiophene rings is 1. The zero-order valence-corrected chi connectivity index (χ0v) is 19.4. The van der Waals surface area contributed by atoms with Gasteiger partial charge in [0.05, 0.1) is 5.39 Å². The zero-order valence-electron chi connectivity index (χ0n) is 18.6. The Bertz CT molecular complexity index is 1170. The minimum absolute atomic E-state index is 0.244. The number of nitrogens with zero attached hydrogens (tertiary/aromatic N) is 4. The molecule has 1 saturated heterocycles. The molecule has 0 bridgehead atoms. The molecule has 3 aromatic rings. The first-order chi connectivity index (χ1) is 16.5. The van der Waals surface area contributed by atoms with Gasteiger partial charge < -0.3 is 25.3 Å². The first-order valence-electron chi connectivity index (χ1n) is 11.4. The summed E-state index contributed by atoms with van der Waals surface area (Å²) in [5.74, 6) is -0.185. The van der Waals surface area contributed by atoms with Crippen molar-refractivity contribution >= 4 is 39.2 Å². The van der Waals surface area contributed by atoms with Crippen LogP contribution in [0.5, 0.6) is 0 Å². The summed E-state index contributed by atoms with van der Waals surface area (Å²) >= 11 is 1.59. The van der Waals surface area contributed by atoms with Crippen LogP contribution in [-0.4, -0.2) is 68.7 Å². The van der Waals surface area contributed by atoms with E-state index in [-0.39, 0.29) is 5.92 Å². The fraction of sp³-hybridized carbons (Fsp3) is 0.417. The predicted octanol–water partition coefficient (Wildman–Crippen LogP) is 1.29. The van der Waals surface area contributed by atoms with Crippen LogP contribution in [0.2, 0.25) is 0 Å². The highest BCUT2D eigenvalue weighted by Gasteiger charge is 2.35. The number of anilines is 1. The van der Waals surface area contributed by atoms with Crippen LogP contribution in [0.15, 0.2) is 42.0 Å². The second-order valence-corrected chi connectivity index (χ2v) is 9.76. The molecule has 2 aromatic heterocycles. The molecule has 0 saturated carbocycles. The van der Waals surface area contributed by atoms with E-state index >= 15 is 0 Å². The van der Waals surface area contributed by atoms with Crippen molar-refractivity contribution in [2.24, 2.45) is 5.92 Å². The number of benzene rings is 1. The monoisotopic (exact) mass is 481 g/mol. The van der Waals surface area contributed by atoms with Gasteiger partial charge in [-0.1, -0.05) is 24.3 Å². The van der Waals surface area contributed by atoms with E-state index in [0.717, 1.165) is 53.1 Å². The second kappa shape index (κ2) is 9.65. The number of fused-ring (bicyclic) bond motifs is 2. The number of carbonyl (C=O) groups excluding carboxylic acids is 2. The molecule has 5 rings (SSSR count). The molecular weight excluding hydrogens is 454 g/mol. The van der Waals surface area contributed by atoms with Gasteiger partial charge >= 0.3 is 0 Å². The van der Waals surface area contributed by atoms with E-state index in [1.165, 1.54) is 4.90 Å². The predicted molar refractivity (Wildman–Crippen MR) is 128 cm³/mol. The zero-order chi connectivity index (χ0) is 23.7. The van der Waals surface area contributed by atoms with Gasteiger partial charge in [0, 0.05) is 32.7 Å². The van der Waals surface area contributed by atoms with E-state index in [1.807, 2.05) is 35.7 Å². The van der Waals surface area contributed by atoms with Crippen molar-refractivity contribution < 1.29 is 19.8 Å². The van der Waals surface area contributed by atoms with Crippen molar-refractivity contribution in [3.8, 4) is 0 Å². The average Bonchev–Trinajstić information content (AvgIpc) is 3.53. The standard InChI is InChI=1S/C24H27N5O4S/c30-19(20(31)24(33)29-12-16-3-1-2-4-17(16)13-29)22(32)25-11-15-5-8-28(9-6-15)21-18-7-10-34-23(18)27-14-26-21/h1-4,7,10,14-15,19-20,30-31H,5-6,8-9,11-13H2,(H,25,32)/t19-,20-/m1/s1. The van der Waals surface area contributed by atoms with E-state index in [2.05, 4.69) is 20.2 Å². The highest BCUT2D eigenvalue weighted by molar-refractivity contribution is 7.16. The molecule has 10 heteroatoms. The Labute approximate surface area is 201 Å². The lowest BCUT2D eigenvalue weighted by atomic mass is 9.96. The quantitative estimate of drug-likeness (QED) is 0.485. The number of rotatable bonds is 6. The van der Waals surface area contributed by atoms with Gasteiger partial charge in [-0.05, 0) is 41.3 Å². The summed E-state index contributed by atoms with van der Waals surface area (Å²) in [6.07, 6.45) is -0.278. The normalized spacial score (nSPS) is 18.1. The molecule has 2 aliphatic rings. The van der Waals surface area contributed by atoms with Crippen molar-refractivity contribution in [3.05, 3.63) is 53.2 Å². The summed E-state index contributed by atoms with van der Waals surface area (Å²) in [5.41, 5.74) is 2.02. The van der Waals surface area contributed by atoms with E-state index in [1.54, 1.807) is 17.7 Å². The Morgan fingerprint density at radius 2 is 1.76 bits per heavy atom. The van der Waals surface area contributed by atoms with Crippen LogP contribution in [0.3, 0.4) is 0 Å². The molecule has 3 N–H and O–H groups in total. The highest BCUT2D eigenvalue weighted by Crippen LogP contribution is 2.29. The maximum atomic E-state index is 12.6. The van der Waals surface area contributed by atoms with Crippen molar-refractivity contribution in [1.82, 2.24) is 20.2 Å². The van der Waals surface area contributed by atoms with Crippen molar-refractivity contribution in [3.63, 3.8) is 0 Å². The molecule has 0 spiro atoms.